The second-order valence-electron chi connectivity index (χ2n) is 4.69. The molecule has 0 amide bonds. The third kappa shape index (κ3) is 3.25. The largest absolute Gasteiger partial charge is 0.573 e. The highest BCUT2D eigenvalue weighted by molar-refractivity contribution is 5.93. The van der Waals surface area contributed by atoms with Crippen molar-refractivity contribution in [1.82, 2.24) is 9.97 Å². The van der Waals surface area contributed by atoms with Crippen LogP contribution in [0.1, 0.15) is 10.4 Å². The van der Waals surface area contributed by atoms with Gasteiger partial charge in [0.2, 0.25) is 0 Å². The fourth-order valence-corrected chi connectivity index (χ4v) is 2.09. The lowest BCUT2D eigenvalue weighted by Gasteiger charge is -2.08. The van der Waals surface area contributed by atoms with Crippen molar-refractivity contribution in [3.63, 3.8) is 0 Å². The zero-order valence-electron chi connectivity index (χ0n) is 11.4. The van der Waals surface area contributed by atoms with E-state index in [4.69, 9.17) is 5.11 Å². The SMILES string of the molecule is O=C(O)c1ccc2nc(-c3ccc(OC(F)(F)F)cc3)[nH]c2c1. The van der Waals surface area contributed by atoms with Crippen molar-refractivity contribution in [3.05, 3.63) is 48.0 Å². The Labute approximate surface area is 127 Å². The Morgan fingerprint density at radius 1 is 1.13 bits per heavy atom. The summed E-state index contributed by atoms with van der Waals surface area (Å²) in [6.07, 6.45) is -4.74. The predicted molar refractivity (Wildman–Crippen MR) is 75.2 cm³/mol. The van der Waals surface area contributed by atoms with Crippen molar-refractivity contribution in [2.24, 2.45) is 0 Å². The molecule has 2 N–H and O–H groups in total. The van der Waals surface area contributed by atoms with Gasteiger partial charge in [-0.1, -0.05) is 0 Å². The maximum absolute atomic E-state index is 12.1. The lowest BCUT2D eigenvalue weighted by molar-refractivity contribution is -0.274. The minimum Gasteiger partial charge on any atom is -0.478 e. The van der Waals surface area contributed by atoms with Crippen LogP contribution in [0.4, 0.5) is 13.2 Å². The molecule has 0 saturated carbocycles. The first-order valence-electron chi connectivity index (χ1n) is 6.41. The van der Waals surface area contributed by atoms with E-state index >= 15 is 0 Å². The Morgan fingerprint density at radius 2 is 1.83 bits per heavy atom. The number of aromatic carboxylic acids is 1. The molecule has 23 heavy (non-hydrogen) atoms. The topological polar surface area (TPSA) is 75.2 Å². The molecule has 0 unspecified atom stereocenters. The van der Waals surface area contributed by atoms with Crippen molar-refractivity contribution in [2.75, 3.05) is 0 Å². The van der Waals surface area contributed by atoms with Crippen molar-refractivity contribution in [3.8, 4) is 17.1 Å². The van der Waals surface area contributed by atoms with Crippen molar-refractivity contribution >= 4 is 17.0 Å². The molecule has 0 bridgehead atoms. The van der Waals surface area contributed by atoms with Crippen LogP contribution in [0.15, 0.2) is 42.5 Å². The van der Waals surface area contributed by atoms with E-state index < -0.39 is 12.3 Å². The molecule has 1 aromatic heterocycles. The lowest BCUT2D eigenvalue weighted by atomic mass is 10.2. The van der Waals surface area contributed by atoms with Crippen LogP contribution in [0.3, 0.4) is 0 Å². The van der Waals surface area contributed by atoms with Crippen LogP contribution < -0.4 is 4.74 Å². The summed E-state index contributed by atoms with van der Waals surface area (Å²) in [4.78, 5) is 18.1. The first-order chi connectivity index (χ1) is 10.8. The Morgan fingerprint density at radius 3 is 2.43 bits per heavy atom. The molecular formula is C15H9F3N2O3. The van der Waals surface area contributed by atoms with Gasteiger partial charge in [0.1, 0.15) is 11.6 Å². The van der Waals surface area contributed by atoms with Gasteiger partial charge in [-0.25, -0.2) is 9.78 Å². The van der Waals surface area contributed by atoms with E-state index in [2.05, 4.69) is 14.7 Å². The number of carboxylic acids is 1. The number of nitrogens with one attached hydrogen (secondary N) is 1. The Hall–Kier alpha value is -3.03. The number of imidazole rings is 1. The number of nitrogens with zero attached hydrogens (tertiary/aromatic N) is 1. The van der Waals surface area contributed by atoms with Crippen molar-refractivity contribution in [2.45, 2.75) is 6.36 Å². The number of benzene rings is 2. The molecule has 0 aliphatic heterocycles. The highest BCUT2D eigenvalue weighted by Crippen LogP contribution is 2.26. The normalized spacial score (nSPS) is 11.6. The van der Waals surface area contributed by atoms with Crippen LogP contribution in [-0.4, -0.2) is 27.4 Å². The molecule has 0 atom stereocenters. The average molecular weight is 322 g/mol. The van der Waals surface area contributed by atoms with E-state index in [1.807, 2.05) is 0 Å². The second kappa shape index (κ2) is 5.31. The van der Waals surface area contributed by atoms with Crippen LogP contribution in [0.5, 0.6) is 5.75 Å². The van der Waals surface area contributed by atoms with E-state index in [1.54, 1.807) is 6.07 Å². The van der Waals surface area contributed by atoms with Crippen LogP contribution in [0.2, 0.25) is 0 Å². The number of aromatic amines is 1. The van der Waals surface area contributed by atoms with Gasteiger partial charge in [-0.15, -0.1) is 13.2 Å². The van der Waals surface area contributed by atoms with Crippen LogP contribution in [0, 0.1) is 0 Å². The Kier molecular flexibility index (Phi) is 3.44. The van der Waals surface area contributed by atoms with E-state index in [-0.39, 0.29) is 11.3 Å². The zero-order chi connectivity index (χ0) is 16.6. The minimum absolute atomic E-state index is 0.113. The molecular weight excluding hydrogens is 313 g/mol. The van der Waals surface area contributed by atoms with E-state index in [9.17, 15) is 18.0 Å². The van der Waals surface area contributed by atoms with Crippen LogP contribution in [0.25, 0.3) is 22.4 Å². The third-order valence-electron chi connectivity index (χ3n) is 3.09. The number of hydrogen-bond donors (Lipinski definition) is 2. The predicted octanol–water partition coefficient (Wildman–Crippen LogP) is 3.83. The summed E-state index contributed by atoms with van der Waals surface area (Å²) in [5.41, 5.74) is 1.74. The average Bonchev–Trinajstić information content (AvgIpc) is 2.89. The number of rotatable bonds is 3. The van der Waals surface area contributed by atoms with Gasteiger partial charge in [0, 0.05) is 5.56 Å². The van der Waals surface area contributed by atoms with Gasteiger partial charge in [-0.2, -0.15) is 0 Å². The highest BCUT2D eigenvalue weighted by atomic mass is 19.4. The quantitative estimate of drug-likeness (QED) is 0.768. The molecule has 118 valence electrons. The highest BCUT2D eigenvalue weighted by Gasteiger charge is 2.31. The molecule has 1 heterocycles. The smallest absolute Gasteiger partial charge is 0.478 e. The number of hydrogen-bond acceptors (Lipinski definition) is 3. The number of carbonyl (C=O) groups is 1. The first-order valence-corrected chi connectivity index (χ1v) is 6.41. The molecule has 5 nitrogen and oxygen atoms in total. The fourth-order valence-electron chi connectivity index (χ4n) is 2.09. The third-order valence-corrected chi connectivity index (χ3v) is 3.09. The molecule has 0 radical (unpaired) electrons. The summed E-state index contributed by atoms with van der Waals surface area (Å²) in [7, 11) is 0. The van der Waals surface area contributed by atoms with Gasteiger partial charge in [0.25, 0.3) is 0 Å². The molecule has 0 saturated heterocycles. The summed E-state index contributed by atoms with van der Waals surface area (Å²) >= 11 is 0. The summed E-state index contributed by atoms with van der Waals surface area (Å²) in [5.74, 6) is -0.969. The van der Waals surface area contributed by atoms with Gasteiger partial charge in [-0.3, -0.25) is 0 Å². The van der Waals surface area contributed by atoms with E-state index in [0.717, 1.165) is 0 Å². The van der Waals surface area contributed by atoms with Gasteiger partial charge < -0.3 is 14.8 Å². The minimum atomic E-state index is -4.74. The lowest BCUT2D eigenvalue weighted by Crippen LogP contribution is -2.16. The summed E-state index contributed by atoms with van der Waals surface area (Å²) < 4.78 is 40.2. The number of halogens is 3. The summed E-state index contributed by atoms with van der Waals surface area (Å²) in [5, 5.41) is 8.95. The van der Waals surface area contributed by atoms with E-state index in [0.29, 0.717) is 22.4 Å². The van der Waals surface area contributed by atoms with Gasteiger partial charge >= 0.3 is 12.3 Å². The number of carboxylic acid groups (broad SMARTS) is 1. The maximum atomic E-state index is 12.1. The van der Waals surface area contributed by atoms with Gasteiger partial charge in [-0.05, 0) is 42.5 Å². The first kappa shape index (κ1) is 14.9. The summed E-state index contributed by atoms with van der Waals surface area (Å²) in [6, 6.07) is 9.63. The van der Waals surface area contributed by atoms with E-state index in [1.165, 1.54) is 36.4 Å². The number of H-pyrrole nitrogens is 1. The standard InChI is InChI=1S/C15H9F3N2O3/c16-15(17,18)23-10-4-1-8(2-5-10)13-19-11-6-3-9(14(21)22)7-12(11)20-13/h1-7H,(H,19,20)(H,21,22). The van der Waals surface area contributed by atoms with Crippen LogP contribution >= 0.6 is 0 Å². The van der Waals surface area contributed by atoms with Gasteiger partial charge in [0.05, 0.1) is 16.6 Å². The van der Waals surface area contributed by atoms with Gasteiger partial charge in [0.15, 0.2) is 0 Å². The Balaban J connectivity index is 1.92. The van der Waals surface area contributed by atoms with Crippen molar-refractivity contribution < 1.29 is 27.8 Å². The fraction of sp³-hybridized carbons (Fsp3) is 0.0667. The molecule has 0 fully saturated rings. The molecule has 3 rings (SSSR count). The number of alkyl halides is 3. The maximum Gasteiger partial charge on any atom is 0.573 e. The zero-order valence-corrected chi connectivity index (χ0v) is 11.4. The number of ether oxygens (including phenoxy) is 1. The molecule has 0 spiro atoms. The second-order valence-corrected chi connectivity index (χ2v) is 4.69. The summed E-state index contributed by atoms with van der Waals surface area (Å²) in [6.45, 7) is 0. The van der Waals surface area contributed by atoms with Crippen LogP contribution in [-0.2, 0) is 0 Å². The number of aromatic nitrogens is 2. The molecule has 0 aliphatic rings. The number of fused-ring (bicyclic) bond motifs is 1. The molecule has 8 heteroatoms. The monoisotopic (exact) mass is 322 g/mol. The van der Waals surface area contributed by atoms with Crippen molar-refractivity contribution in [1.29, 1.82) is 0 Å². The molecule has 2 aromatic carbocycles. The molecule has 0 aliphatic carbocycles. The Bertz CT molecular complexity index is 870. The molecule has 3 aromatic rings.